The van der Waals surface area contributed by atoms with Crippen molar-refractivity contribution in [1.82, 2.24) is 19.5 Å². The molecule has 1 aliphatic heterocycles. The average Bonchev–Trinajstić information content (AvgIpc) is 3.15. The summed E-state index contributed by atoms with van der Waals surface area (Å²) in [5.41, 5.74) is 12.7. The zero-order valence-corrected chi connectivity index (χ0v) is 19.3. The van der Waals surface area contributed by atoms with Gasteiger partial charge in [0.2, 0.25) is 11.9 Å². The van der Waals surface area contributed by atoms with E-state index in [2.05, 4.69) is 38.1 Å². The molecular weight excluding hydrogens is 549 g/mol. The summed E-state index contributed by atoms with van der Waals surface area (Å²) < 4.78 is 51.6. The van der Waals surface area contributed by atoms with Crippen LogP contribution in [0.2, 0.25) is 0 Å². The minimum Gasteiger partial charge on any atom is -0.387 e. The predicted molar refractivity (Wildman–Crippen MR) is 107 cm³/mol. The zero-order valence-electron chi connectivity index (χ0n) is 16.6. The Labute approximate surface area is 191 Å². The number of aliphatic hydroxyl groups is 2. The van der Waals surface area contributed by atoms with Crippen LogP contribution in [0.1, 0.15) is 6.23 Å². The summed E-state index contributed by atoms with van der Waals surface area (Å²) in [5.74, 6) is -0.940. The highest BCUT2D eigenvalue weighted by Crippen LogP contribution is 2.66. The van der Waals surface area contributed by atoms with Crippen molar-refractivity contribution in [3.8, 4) is 0 Å². The van der Waals surface area contributed by atoms with E-state index >= 15 is 0 Å². The molecule has 2 aromatic heterocycles. The number of hydrogen-bond acceptors (Lipinski definition) is 14. The Hall–Kier alpha value is -2.25. The van der Waals surface area contributed by atoms with Crippen LogP contribution in [0.15, 0.2) is 9.91 Å². The molecule has 9 N–H and O–H groups in total. The molecular formula is C10H15N8O14P3. The first kappa shape index (κ1) is 27.3. The van der Waals surface area contributed by atoms with Gasteiger partial charge in [-0.1, -0.05) is 0 Å². The fourth-order valence-electron chi connectivity index (χ4n) is 2.89. The van der Waals surface area contributed by atoms with E-state index in [4.69, 9.17) is 30.7 Å². The van der Waals surface area contributed by atoms with Gasteiger partial charge in [-0.2, -0.15) is 13.6 Å². The minimum absolute atomic E-state index is 0.335. The van der Waals surface area contributed by atoms with Gasteiger partial charge in [-0.3, -0.25) is 18.9 Å². The lowest BCUT2D eigenvalue weighted by molar-refractivity contribution is -0.0495. The molecule has 3 rings (SSSR count). The molecule has 35 heavy (non-hydrogen) atoms. The Morgan fingerprint density at radius 2 is 1.80 bits per heavy atom. The molecule has 0 saturated carbocycles. The fraction of sp³-hybridized carbons (Fsp3) is 0.500. The lowest BCUT2D eigenvalue weighted by Crippen LogP contribution is -2.33. The van der Waals surface area contributed by atoms with E-state index in [9.17, 15) is 33.6 Å². The van der Waals surface area contributed by atoms with Gasteiger partial charge in [0.15, 0.2) is 17.4 Å². The number of ether oxygens (including phenoxy) is 1. The Morgan fingerprint density at radius 1 is 1.14 bits per heavy atom. The molecule has 1 saturated heterocycles. The number of nitrogen functional groups attached to an aromatic ring is 1. The van der Waals surface area contributed by atoms with Crippen LogP contribution in [0.3, 0.4) is 0 Å². The quantitative estimate of drug-likeness (QED) is 0.0751. The van der Waals surface area contributed by atoms with Crippen molar-refractivity contribution in [3.05, 3.63) is 20.8 Å². The Kier molecular flexibility index (Phi) is 7.55. The van der Waals surface area contributed by atoms with Crippen LogP contribution in [0.25, 0.3) is 21.6 Å². The number of rotatable bonds is 9. The largest absolute Gasteiger partial charge is 0.490 e. The van der Waals surface area contributed by atoms with Gasteiger partial charge in [-0.25, -0.2) is 18.7 Å². The topological polar surface area (TPSA) is 348 Å². The number of H-pyrrole nitrogens is 1. The average molecular weight is 564 g/mol. The van der Waals surface area contributed by atoms with Gasteiger partial charge >= 0.3 is 23.5 Å². The first-order chi connectivity index (χ1) is 16.0. The van der Waals surface area contributed by atoms with Crippen molar-refractivity contribution in [2.75, 3.05) is 12.3 Å². The van der Waals surface area contributed by atoms with Crippen LogP contribution < -0.4 is 11.3 Å². The second kappa shape index (κ2) is 9.66. The number of aliphatic hydroxyl groups excluding tert-OH is 2. The molecule has 22 nitrogen and oxygen atoms in total. The maximum absolute atomic E-state index is 12.1. The monoisotopic (exact) mass is 564 g/mol. The predicted octanol–water partition coefficient (Wildman–Crippen LogP) is -1.39. The van der Waals surface area contributed by atoms with E-state index in [1.807, 2.05) is 0 Å². The summed E-state index contributed by atoms with van der Waals surface area (Å²) in [5, 5.41) is 23.9. The normalized spacial score (nSPS) is 26.2. The van der Waals surface area contributed by atoms with Crippen LogP contribution in [-0.2, 0) is 31.6 Å². The molecule has 0 radical (unpaired) electrons. The molecule has 0 aromatic carbocycles. The number of nitrogens with one attached hydrogen (secondary N) is 1. The van der Waals surface area contributed by atoms with Crippen molar-refractivity contribution in [1.29, 1.82) is 0 Å². The van der Waals surface area contributed by atoms with Crippen molar-refractivity contribution < 1.29 is 61.4 Å². The molecule has 194 valence electrons. The first-order valence-corrected chi connectivity index (χ1v) is 13.2. The number of aromatic amines is 1. The van der Waals surface area contributed by atoms with E-state index in [0.717, 1.165) is 4.57 Å². The number of hydrogen-bond donors (Lipinski definition) is 8. The number of imidazole rings is 1. The molecule has 0 bridgehead atoms. The van der Waals surface area contributed by atoms with Gasteiger partial charge in [0, 0.05) is 4.91 Å². The third-order valence-corrected chi connectivity index (χ3v) is 7.90. The van der Waals surface area contributed by atoms with Crippen LogP contribution in [0, 0.1) is 0 Å². The first-order valence-electron chi connectivity index (χ1n) is 8.66. The highest BCUT2D eigenvalue weighted by molar-refractivity contribution is 7.66. The van der Waals surface area contributed by atoms with Crippen LogP contribution in [-0.4, -0.2) is 74.2 Å². The number of phosphoric acid groups is 3. The summed E-state index contributed by atoms with van der Waals surface area (Å²) in [6.07, 6.45) is -7.12. The van der Waals surface area contributed by atoms with Crippen molar-refractivity contribution in [2.24, 2.45) is 5.11 Å². The van der Waals surface area contributed by atoms with E-state index < -0.39 is 72.1 Å². The van der Waals surface area contributed by atoms with Crippen molar-refractivity contribution in [2.45, 2.75) is 24.5 Å². The fourth-order valence-corrected chi connectivity index (χ4v) is 5.92. The highest BCUT2D eigenvalue weighted by Gasteiger charge is 2.47. The molecule has 1 aliphatic rings. The lowest BCUT2D eigenvalue weighted by Gasteiger charge is -2.19. The summed E-state index contributed by atoms with van der Waals surface area (Å²) in [4.78, 5) is 60.0. The molecule has 2 aromatic rings. The van der Waals surface area contributed by atoms with Crippen LogP contribution in [0.4, 0.5) is 11.9 Å². The van der Waals surface area contributed by atoms with E-state index in [0.29, 0.717) is 0 Å². The van der Waals surface area contributed by atoms with E-state index in [1.54, 1.807) is 0 Å². The maximum atomic E-state index is 12.1. The number of phosphoric ester groups is 1. The van der Waals surface area contributed by atoms with Gasteiger partial charge in [-0.15, -0.1) is 0 Å². The molecule has 6 unspecified atom stereocenters. The standard InChI is InChI=1S/C10H15N8O14P3/c11-9-14-6-3(7(21)15-9)13-10(16-17-12)18(6)8-5(20)4(19)2(30-8)1-29-34(25,26)32-35(27,28)31-33(22,23)24/h2,4-5,8,19-20H,1H2,(H,25,26)(H,27,28)(H2,22,23,24)(H3,11,14,15,21). The molecule has 25 heteroatoms. The van der Waals surface area contributed by atoms with Gasteiger partial charge in [0.1, 0.15) is 18.3 Å². The number of fused-ring (bicyclic) bond motifs is 1. The third kappa shape index (κ3) is 6.31. The number of azide groups is 1. The van der Waals surface area contributed by atoms with Gasteiger partial charge in [0.05, 0.1) is 6.61 Å². The highest BCUT2D eigenvalue weighted by atomic mass is 31.3. The zero-order chi connectivity index (χ0) is 26.3. The SMILES string of the molecule is [N-]=[N+]=Nc1nc2c(=O)[nH]c(N)nc2n1C1OC(COP(=O)(O)OP(=O)(O)OP(=O)(O)O)C(O)C1O. The second-order valence-corrected chi connectivity index (χ2v) is 10.9. The number of anilines is 1. The molecule has 0 amide bonds. The minimum atomic E-state index is -5.79. The Bertz CT molecular complexity index is 1380. The molecule has 0 spiro atoms. The van der Waals surface area contributed by atoms with Crippen LogP contribution in [0.5, 0.6) is 0 Å². The molecule has 1 fully saturated rings. The van der Waals surface area contributed by atoms with Crippen molar-refractivity contribution >= 4 is 46.5 Å². The summed E-state index contributed by atoms with van der Waals surface area (Å²) >= 11 is 0. The second-order valence-electron chi connectivity index (χ2n) is 6.53. The Balaban J connectivity index is 1.84. The number of nitrogens with two attached hydrogens (primary N) is 1. The maximum Gasteiger partial charge on any atom is 0.490 e. The number of nitrogens with zero attached hydrogens (tertiary/aromatic N) is 6. The summed E-state index contributed by atoms with van der Waals surface area (Å²) in [6, 6.07) is 0. The number of aromatic nitrogens is 4. The Morgan fingerprint density at radius 3 is 2.40 bits per heavy atom. The van der Waals surface area contributed by atoms with E-state index in [1.165, 1.54) is 0 Å². The summed E-state index contributed by atoms with van der Waals surface area (Å²) in [7, 11) is -17.0. The third-order valence-electron chi connectivity index (χ3n) is 4.09. The van der Waals surface area contributed by atoms with Crippen LogP contribution >= 0.6 is 23.5 Å². The molecule has 3 heterocycles. The molecule has 0 aliphatic carbocycles. The van der Waals surface area contributed by atoms with E-state index in [-0.39, 0.29) is 11.2 Å². The smallest absolute Gasteiger partial charge is 0.387 e. The van der Waals surface area contributed by atoms with Gasteiger partial charge in [-0.05, 0) is 10.6 Å². The lowest BCUT2D eigenvalue weighted by atomic mass is 10.1. The van der Waals surface area contributed by atoms with Gasteiger partial charge in [0.25, 0.3) is 5.56 Å². The van der Waals surface area contributed by atoms with Crippen molar-refractivity contribution in [3.63, 3.8) is 0 Å². The summed E-state index contributed by atoms with van der Waals surface area (Å²) in [6.45, 7) is -1.11. The van der Waals surface area contributed by atoms with Gasteiger partial charge < -0.3 is 40.3 Å². The molecule has 6 atom stereocenters.